The SMILES string of the molecule is CC(=O)OC1CSc2sc3ccccc3[n+]2C1. The average Bonchev–Trinajstić information content (AvgIpc) is 2.66. The number of benzene rings is 1. The van der Waals surface area contributed by atoms with Crippen LogP contribution >= 0.6 is 23.1 Å². The Morgan fingerprint density at radius 2 is 2.29 bits per heavy atom. The second-order valence-electron chi connectivity index (χ2n) is 3.99. The van der Waals surface area contributed by atoms with E-state index in [0.717, 1.165) is 12.3 Å². The van der Waals surface area contributed by atoms with Gasteiger partial charge in [0.05, 0.1) is 0 Å². The van der Waals surface area contributed by atoms with Crippen LogP contribution in [0, 0.1) is 0 Å². The monoisotopic (exact) mass is 266 g/mol. The zero-order valence-corrected chi connectivity index (χ0v) is 11.0. The van der Waals surface area contributed by atoms with E-state index in [1.165, 1.54) is 21.5 Å². The molecule has 1 atom stereocenters. The summed E-state index contributed by atoms with van der Waals surface area (Å²) in [6.07, 6.45) is -0.00648. The number of carbonyl (C=O) groups is 1. The number of aromatic nitrogens is 1. The number of hydrogen-bond donors (Lipinski definition) is 0. The molecule has 0 saturated heterocycles. The summed E-state index contributed by atoms with van der Waals surface area (Å²) in [4.78, 5) is 11.0. The van der Waals surface area contributed by atoms with E-state index < -0.39 is 0 Å². The Morgan fingerprint density at radius 3 is 3.12 bits per heavy atom. The summed E-state index contributed by atoms with van der Waals surface area (Å²) in [5.41, 5.74) is 1.23. The topological polar surface area (TPSA) is 30.2 Å². The van der Waals surface area contributed by atoms with Crippen molar-refractivity contribution in [3.8, 4) is 0 Å². The first-order valence-electron chi connectivity index (χ1n) is 5.45. The number of esters is 1. The quantitative estimate of drug-likeness (QED) is 0.585. The first-order chi connectivity index (χ1) is 8.24. The van der Waals surface area contributed by atoms with Crippen LogP contribution in [0.1, 0.15) is 6.92 Å². The molecule has 0 bridgehead atoms. The van der Waals surface area contributed by atoms with E-state index >= 15 is 0 Å². The molecule has 1 aliphatic rings. The van der Waals surface area contributed by atoms with Crippen LogP contribution in [0.25, 0.3) is 10.2 Å². The molecule has 3 nitrogen and oxygen atoms in total. The number of thioether (sulfide) groups is 1. The summed E-state index contributed by atoms with van der Waals surface area (Å²) in [7, 11) is 0. The van der Waals surface area contributed by atoms with Gasteiger partial charge < -0.3 is 4.74 Å². The second kappa shape index (κ2) is 4.31. The molecule has 0 aliphatic carbocycles. The predicted octanol–water partition coefficient (Wildman–Crippen LogP) is 2.23. The lowest BCUT2D eigenvalue weighted by molar-refractivity contribution is -0.709. The van der Waals surface area contributed by atoms with E-state index in [1.54, 1.807) is 23.1 Å². The van der Waals surface area contributed by atoms with Crippen LogP contribution in [0.5, 0.6) is 0 Å². The van der Waals surface area contributed by atoms with Gasteiger partial charge in [-0.15, -0.1) is 0 Å². The molecule has 3 rings (SSSR count). The third-order valence-corrected chi connectivity index (χ3v) is 5.25. The zero-order valence-electron chi connectivity index (χ0n) is 9.38. The van der Waals surface area contributed by atoms with Gasteiger partial charge in [0.2, 0.25) is 5.52 Å². The van der Waals surface area contributed by atoms with Crippen molar-refractivity contribution in [1.29, 1.82) is 0 Å². The highest BCUT2D eigenvalue weighted by molar-refractivity contribution is 8.01. The maximum Gasteiger partial charge on any atom is 0.303 e. The number of nitrogens with zero attached hydrogens (tertiary/aromatic N) is 1. The van der Waals surface area contributed by atoms with E-state index in [9.17, 15) is 4.79 Å². The van der Waals surface area contributed by atoms with Crippen LogP contribution in [0.15, 0.2) is 28.6 Å². The van der Waals surface area contributed by atoms with Crippen molar-refractivity contribution in [2.24, 2.45) is 0 Å². The van der Waals surface area contributed by atoms with Gasteiger partial charge in [0.25, 0.3) is 4.34 Å². The van der Waals surface area contributed by atoms with Crippen LogP contribution in [0.2, 0.25) is 0 Å². The molecule has 1 aromatic carbocycles. The number of thiazole rings is 1. The fourth-order valence-corrected chi connectivity index (χ4v) is 4.46. The van der Waals surface area contributed by atoms with Gasteiger partial charge in [0, 0.05) is 18.7 Å². The third-order valence-electron chi connectivity index (χ3n) is 2.69. The molecule has 1 unspecified atom stereocenters. The Kier molecular flexibility index (Phi) is 2.80. The number of ether oxygens (including phenoxy) is 1. The average molecular weight is 266 g/mol. The van der Waals surface area contributed by atoms with E-state index in [0.29, 0.717) is 0 Å². The third kappa shape index (κ3) is 2.05. The molecular weight excluding hydrogens is 254 g/mol. The van der Waals surface area contributed by atoms with Crippen molar-refractivity contribution in [2.45, 2.75) is 23.9 Å². The highest BCUT2D eigenvalue weighted by atomic mass is 32.2. The molecule has 2 aromatic rings. The number of rotatable bonds is 1. The highest BCUT2D eigenvalue weighted by Gasteiger charge is 2.31. The number of hydrogen-bond acceptors (Lipinski definition) is 4. The van der Waals surface area contributed by atoms with E-state index in [4.69, 9.17) is 4.74 Å². The Hall–Kier alpha value is -1.07. The molecule has 17 heavy (non-hydrogen) atoms. The van der Waals surface area contributed by atoms with Crippen LogP contribution in [-0.2, 0) is 16.1 Å². The van der Waals surface area contributed by atoms with Gasteiger partial charge in [-0.1, -0.05) is 23.5 Å². The summed E-state index contributed by atoms with van der Waals surface area (Å²) < 4.78 is 10.1. The number of fused-ring (bicyclic) bond motifs is 3. The second-order valence-corrected chi connectivity index (χ2v) is 6.29. The summed E-state index contributed by atoms with van der Waals surface area (Å²) in [5, 5.41) is 0. The van der Waals surface area contributed by atoms with Gasteiger partial charge in [0.1, 0.15) is 4.70 Å². The number of carbonyl (C=O) groups excluding carboxylic acids is 1. The standard InChI is InChI=1S/C12H12NO2S2/c1-8(14)15-9-6-13-10-4-2-3-5-11(10)17-12(13)16-7-9/h2-5,9H,6-7H2,1H3/q+1. The van der Waals surface area contributed by atoms with Gasteiger partial charge in [0.15, 0.2) is 12.6 Å². The smallest absolute Gasteiger partial charge is 0.303 e. The summed E-state index contributed by atoms with van der Waals surface area (Å²) >= 11 is 3.57. The minimum absolute atomic E-state index is 0.00648. The molecular formula is C12H12NO2S2+. The molecule has 88 valence electrons. The molecule has 0 radical (unpaired) electrons. The number of para-hydroxylation sites is 1. The molecule has 0 fully saturated rings. The van der Waals surface area contributed by atoms with Crippen LogP contribution < -0.4 is 4.57 Å². The van der Waals surface area contributed by atoms with E-state index in [1.807, 2.05) is 6.07 Å². The largest absolute Gasteiger partial charge is 0.455 e. The fraction of sp³-hybridized carbons (Fsp3) is 0.333. The van der Waals surface area contributed by atoms with Crippen molar-refractivity contribution in [1.82, 2.24) is 0 Å². The van der Waals surface area contributed by atoms with Crippen molar-refractivity contribution in [3.63, 3.8) is 0 Å². The Bertz CT molecular complexity index is 579. The molecule has 5 heteroatoms. The molecule has 0 amide bonds. The van der Waals surface area contributed by atoms with Crippen molar-refractivity contribution < 1.29 is 14.1 Å². The van der Waals surface area contributed by atoms with Crippen molar-refractivity contribution in [2.75, 3.05) is 5.75 Å². The molecule has 2 heterocycles. The van der Waals surface area contributed by atoms with Crippen LogP contribution in [-0.4, -0.2) is 17.8 Å². The van der Waals surface area contributed by atoms with E-state index in [2.05, 4.69) is 22.8 Å². The summed E-state index contributed by atoms with van der Waals surface area (Å²) in [6, 6.07) is 8.35. The van der Waals surface area contributed by atoms with Crippen molar-refractivity contribution >= 4 is 39.3 Å². The Balaban J connectivity index is 1.97. The minimum atomic E-state index is -0.195. The Morgan fingerprint density at radius 1 is 1.47 bits per heavy atom. The lowest BCUT2D eigenvalue weighted by Crippen LogP contribution is -2.46. The van der Waals surface area contributed by atoms with Gasteiger partial charge >= 0.3 is 5.97 Å². The molecule has 1 aromatic heterocycles. The molecule has 1 aliphatic heterocycles. The van der Waals surface area contributed by atoms with Crippen LogP contribution in [0.3, 0.4) is 0 Å². The summed E-state index contributed by atoms with van der Waals surface area (Å²) in [6.45, 7) is 2.24. The van der Waals surface area contributed by atoms with Crippen LogP contribution in [0.4, 0.5) is 0 Å². The lowest BCUT2D eigenvalue weighted by atomic mass is 10.3. The molecule has 0 spiro atoms. The summed E-state index contributed by atoms with van der Waals surface area (Å²) in [5.74, 6) is 0.658. The van der Waals surface area contributed by atoms with Gasteiger partial charge in [-0.25, -0.2) is 0 Å². The predicted molar refractivity (Wildman–Crippen MR) is 68.3 cm³/mol. The van der Waals surface area contributed by atoms with Crippen molar-refractivity contribution in [3.05, 3.63) is 24.3 Å². The van der Waals surface area contributed by atoms with Gasteiger partial charge in [-0.05, 0) is 17.8 Å². The lowest BCUT2D eigenvalue weighted by Gasteiger charge is -2.16. The maximum atomic E-state index is 11.0. The maximum absolute atomic E-state index is 11.0. The fourth-order valence-electron chi connectivity index (χ4n) is 2.02. The van der Waals surface area contributed by atoms with Gasteiger partial charge in [-0.2, -0.15) is 4.57 Å². The normalized spacial score (nSPS) is 19.0. The highest BCUT2D eigenvalue weighted by Crippen LogP contribution is 2.31. The zero-order chi connectivity index (χ0) is 11.8. The van der Waals surface area contributed by atoms with E-state index in [-0.39, 0.29) is 12.1 Å². The molecule has 0 N–H and O–H groups in total. The molecule has 0 saturated carbocycles. The Labute approximate surface area is 107 Å². The first-order valence-corrected chi connectivity index (χ1v) is 7.25. The van der Waals surface area contributed by atoms with Gasteiger partial charge in [-0.3, -0.25) is 4.79 Å². The first kappa shape index (κ1) is 11.0. The minimum Gasteiger partial charge on any atom is -0.455 e.